The van der Waals surface area contributed by atoms with Gasteiger partial charge in [-0.15, -0.1) is 0 Å². The monoisotopic (exact) mass is 510 g/mol. The molecule has 3 rings (SSSR count). The van der Waals surface area contributed by atoms with Gasteiger partial charge in [0.15, 0.2) is 0 Å². The van der Waals surface area contributed by atoms with E-state index in [4.69, 9.17) is 9.84 Å². The number of urea groups is 1. The Balaban J connectivity index is 1.60. The van der Waals surface area contributed by atoms with Crippen LogP contribution in [0.3, 0.4) is 0 Å². The number of nitrogens with one attached hydrogen (secondary N) is 2. The third kappa shape index (κ3) is 7.95. The van der Waals surface area contributed by atoms with E-state index in [-0.39, 0.29) is 24.4 Å². The Kier molecular flexibility index (Phi) is 9.91. The Morgan fingerprint density at radius 3 is 2.41 bits per heavy atom. The normalized spacial score (nSPS) is 15.0. The molecule has 1 fully saturated rings. The number of amides is 3. The van der Waals surface area contributed by atoms with Crippen molar-refractivity contribution in [3.8, 4) is 5.75 Å². The van der Waals surface area contributed by atoms with Crippen molar-refractivity contribution in [3.63, 3.8) is 0 Å². The number of anilines is 3. The first kappa shape index (κ1) is 28.0. The number of ether oxygens (including phenoxy) is 1. The van der Waals surface area contributed by atoms with E-state index < -0.39 is 5.97 Å². The van der Waals surface area contributed by atoms with Crippen molar-refractivity contribution in [1.29, 1.82) is 0 Å². The summed E-state index contributed by atoms with van der Waals surface area (Å²) in [4.78, 5) is 40.0. The number of aliphatic carboxylic acids is 1. The molecule has 9 nitrogen and oxygen atoms in total. The number of carboxylic acid groups (broad SMARTS) is 1. The predicted molar refractivity (Wildman–Crippen MR) is 145 cm³/mol. The van der Waals surface area contributed by atoms with Crippen LogP contribution in [0.25, 0.3) is 0 Å². The number of carboxylic acids is 1. The van der Waals surface area contributed by atoms with Crippen LogP contribution in [0.15, 0.2) is 42.5 Å². The van der Waals surface area contributed by atoms with Gasteiger partial charge in [-0.3, -0.25) is 9.59 Å². The molecule has 1 heterocycles. The van der Waals surface area contributed by atoms with Crippen molar-refractivity contribution in [2.75, 3.05) is 42.3 Å². The minimum Gasteiger partial charge on any atom is -0.494 e. The molecule has 200 valence electrons. The van der Waals surface area contributed by atoms with Crippen LogP contribution in [0, 0.1) is 12.8 Å². The number of benzene rings is 2. The van der Waals surface area contributed by atoms with Crippen molar-refractivity contribution in [2.45, 2.75) is 52.5 Å². The summed E-state index contributed by atoms with van der Waals surface area (Å²) >= 11 is 0. The van der Waals surface area contributed by atoms with Gasteiger partial charge in [0.25, 0.3) is 0 Å². The molecule has 3 amide bonds. The molecule has 2 aromatic rings. The molecule has 0 radical (unpaired) electrons. The van der Waals surface area contributed by atoms with E-state index in [0.717, 1.165) is 43.6 Å². The van der Waals surface area contributed by atoms with Crippen molar-refractivity contribution >= 4 is 35.0 Å². The average Bonchev–Trinajstić information content (AvgIpc) is 2.86. The Hall–Kier alpha value is -3.59. The maximum Gasteiger partial charge on any atom is 0.323 e. The first-order chi connectivity index (χ1) is 17.7. The predicted octanol–water partition coefficient (Wildman–Crippen LogP) is 4.97. The Labute approximate surface area is 218 Å². The quantitative estimate of drug-likeness (QED) is 0.416. The molecule has 1 saturated heterocycles. The van der Waals surface area contributed by atoms with E-state index >= 15 is 0 Å². The van der Waals surface area contributed by atoms with E-state index in [1.807, 2.05) is 44.2 Å². The lowest BCUT2D eigenvalue weighted by atomic mass is 9.92. The van der Waals surface area contributed by atoms with Gasteiger partial charge >= 0.3 is 12.0 Å². The van der Waals surface area contributed by atoms with Gasteiger partial charge in [0, 0.05) is 37.0 Å². The molecule has 1 aliphatic heterocycles. The lowest BCUT2D eigenvalue weighted by Crippen LogP contribution is -2.41. The van der Waals surface area contributed by atoms with Crippen LogP contribution in [0.2, 0.25) is 0 Å². The van der Waals surface area contributed by atoms with Crippen LogP contribution < -0.4 is 20.3 Å². The number of methoxy groups -OCH3 is 1. The van der Waals surface area contributed by atoms with E-state index in [0.29, 0.717) is 29.6 Å². The number of para-hydroxylation sites is 1. The zero-order valence-corrected chi connectivity index (χ0v) is 22.1. The van der Waals surface area contributed by atoms with Gasteiger partial charge in [-0.1, -0.05) is 18.2 Å². The highest BCUT2D eigenvalue weighted by Gasteiger charge is 2.25. The summed E-state index contributed by atoms with van der Waals surface area (Å²) in [7, 11) is 1.53. The van der Waals surface area contributed by atoms with Crippen LogP contribution in [-0.4, -0.2) is 60.7 Å². The van der Waals surface area contributed by atoms with Gasteiger partial charge < -0.3 is 30.3 Å². The molecule has 0 saturated carbocycles. The summed E-state index contributed by atoms with van der Waals surface area (Å²) in [6.45, 7) is 7.75. The van der Waals surface area contributed by atoms with Crippen LogP contribution in [0.1, 0.15) is 45.1 Å². The number of hydrogen-bond donors (Lipinski definition) is 3. The second-order valence-corrected chi connectivity index (χ2v) is 9.66. The summed E-state index contributed by atoms with van der Waals surface area (Å²) < 4.78 is 5.52. The van der Waals surface area contributed by atoms with Crippen molar-refractivity contribution in [1.82, 2.24) is 4.90 Å². The van der Waals surface area contributed by atoms with Crippen LogP contribution in [0.5, 0.6) is 5.75 Å². The highest BCUT2D eigenvalue weighted by molar-refractivity contribution is 6.01. The topological polar surface area (TPSA) is 111 Å². The van der Waals surface area contributed by atoms with Gasteiger partial charge in [0.2, 0.25) is 5.91 Å². The molecular formula is C28H38N4O5. The van der Waals surface area contributed by atoms with E-state index in [1.165, 1.54) is 7.11 Å². The van der Waals surface area contributed by atoms with Crippen LogP contribution >= 0.6 is 0 Å². The van der Waals surface area contributed by atoms with Gasteiger partial charge in [-0.05, 0) is 75.9 Å². The fourth-order valence-corrected chi connectivity index (χ4v) is 4.78. The fraction of sp³-hybridized carbons (Fsp3) is 0.464. The molecule has 1 unspecified atom stereocenters. The number of hydrogen-bond acceptors (Lipinski definition) is 5. The molecule has 9 heteroatoms. The Morgan fingerprint density at radius 2 is 1.78 bits per heavy atom. The third-order valence-corrected chi connectivity index (χ3v) is 7.02. The highest BCUT2D eigenvalue weighted by Crippen LogP contribution is 2.31. The van der Waals surface area contributed by atoms with Gasteiger partial charge in [0.05, 0.1) is 19.2 Å². The van der Waals surface area contributed by atoms with Gasteiger partial charge in [-0.25, -0.2) is 4.79 Å². The number of aryl methyl sites for hydroxylation is 1. The molecule has 37 heavy (non-hydrogen) atoms. The van der Waals surface area contributed by atoms with Gasteiger partial charge in [-0.2, -0.15) is 0 Å². The summed E-state index contributed by atoms with van der Waals surface area (Å²) in [5.74, 6) is 0.107. The summed E-state index contributed by atoms with van der Waals surface area (Å²) in [6.07, 6.45) is 2.99. The molecule has 1 atom stereocenters. The van der Waals surface area contributed by atoms with Crippen molar-refractivity contribution < 1.29 is 24.2 Å². The average molecular weight is 511 g/mol. The van der Waals surface area contributed by atoms with Gasteiger partial charge in [0.1, 0.15) is 5.75 Å². The first-order valence-electron chi connectivity index (χ1n) is 12.7. The summed E-state index contributed by atoms with van der Waals surface area (Å²) in [6, 6.07) is 12.5. The van der Waals surface area contributed by atoms with Crippen LogP contribution in [0.4, 0.5) is 21.9 Å². The number of likely N-dealkylation sites (tertiary alicyclic amines) is 1. The molecule has 0 bridgehead atoms. The molecule has 3 N–H and O–H groups in total. The number of carbonyl (C=O) groups is 3. The summed E-state index contributed by atoms with van der Waals surface area (Å²) in [5.41, 5.74) is 2.89. The number of piperidine rings is 1. The minimum atomic E-state index is -0.768. The van der Waals surface area contributed by atoms with Crippen LogP contribution in [-0.2, 0) is 9.59 Å². The Bertz CT molecular complexity index is 1100. The largest absolute Gasteiger partial charge is 0.494 e. The third-order valence-electron chi connectivity index (χ3n) is 7.02. The standard InChI is InChI=1S/C28H38N4O5/c1-19-7-5-6-8-24(19)29-28(36)30-25-10-9-23(18-26(25)37-4)32(21(3)33)16-13-22-11-14-31(15-12-22)20(2)17-27(34)35/h5-10,18,20,22H,11-17H2,1-4H3,(H,34,35)(H2,29,30,36). The number of nitrogens with zero attached hydrogens (tertiary/aromatic N) is 2. The van der Waals surface area contributed by atoms with Crippen molar-refractivity contribution in [2.24, 2.45) is 5.92 Å². The second kappa shape index (κ2) is 13.1. The lowest BCUT2D eigenvalue weighted by Gasteiger charge is -2.36. The molecular weight excluding hydrogens is 472 g/mol. The molecule has 1 aliphatic rings. The zero-order valence-electron chi connectivity index (χ0n) is 22.1. The fourth-order valence-electron chi connectivity index (χ4n) is 4.78. The molecule has 0 aromatic heterocycles. The smallest absolute Gasteiger partial charge is 0.323 e. The summed E-state index contributed by atoms with van der Waals surface area (Å²) in [5, 5.41) is 14.7. The van der Waals surface area contributed by atoms with Crippen molar-refractivity contribution in [3.05, 3.63) is 48.0 Å². The maximum atomic E-state index is 12.5. The minimum absolute atomic E-state index is 0.0329. The highest BCUT2D eigenvalue weighted by atomic mass is 16.5. The molecule has 2 aromatic carbocycles. The second-order valence-electron chi connectivity index (χ2n) is 9.66. The lowest BCUT2D eigenvalue weighted by molar-refractivity contribution is -0.138. The van der Waals surface area contributed by atoms with E-state index in [1.54, 1.807) is 24.0 Å². The SMILES string of the molecule is COc1cc(N(CCC2CCN(C(C)CC(=O)O)CC2)C(C)=O)ccc1NC(=O)Nc1ccccc1C. The number of carbonyl (C=O) groups excluding carboxylic acids is 2. The first-order valence-corrected chi connectivity index (χ1v) is 12.7. The maximum absolute atomic E-state index is 12.5. The molecule has 0 spiro atoms. The van der Waals surface area contributed by atoms with E-state index in [2.05, 4.69) is 15.5 Å². The number of rotatable bonds is 10. The van der Waals surface area contributed by atoms with E-state index in [9.17, 15) is 14.4 Å². The molecule has 0 aliphatic carbocycles. The zero-order chi connectivity index (χ0) is 26.9. The Morgan fingerprint density at radius 1 is 1.11 bits per heavy atom.